The summed E-state index contributed by atoms with van der Waals surface area (Å²) in [6.07, 6.45) is -1.73. The minimum atomic E-state index is -4.40. The molecule has 0 aliphatic heterocycles. The maximum absolute atomic E-state index is 12.9. The molecule has 0 bridgehead atoms. The lowest BCUT2D eigenvalue weighted by Crippen LogP contribution is -2.34. The molecule has 0 atom stereocenters. The Morgan fingerprint density at radius 3 is 2.08 bits per heavy atom. The van der Waals surface area contributed by atoms with Gasteiger partial charge in [0.25, 0.3) is 12.0 Å². The zero-order chi connectivity index (χ0) is 19.9. The minimum Gasteiger partial charge on any atom is -0.226 e. The molecule has 6 heteroatoms. The molecule has 0 unspecified atom stereocenters. The Balaban J connectivity index is 0.000000791. The first kappa shape index (κ1) is 21.7. The maximum atomic E-state index is 12.9. The number of rotatable bonds is 2. The minimum absolute atomic E-state index is 0.0257. The molecule has 2 aromatic heterocycles. The van der Waals surface area contributed by atoms with Gasteiger partial charge in [-0.25, -0.2) is 9.55 Å². The monoisotopic (exact) mass is 366 g/mol. The number of fused-ring (bicyclic) bond motifs is 1. The molecule has 1 aromatic carbocycles. The van der Waals surface area contributed by atoms with Crippen LogP contribution in [0.2, 0.25) is 0 Å². The van der Waals surface area contributed by atoms with Crippen molar-refractivity contribution in [2.75, 3.05) is 0 Å². The number of hydrogen-bond donors (Lipinski definition) is 0. The Kier molecular flexibility index (Phi) is 7.80. The molecule has 0 saturated carbocycles. The molecule has 3 nitrogen and oxygen atoms in total. The van der Waals surface area contributed by atoms with Gasteiger partial charge in [-0.3, -0.25) is 0 Å². The third kappa shape index (κ3) is 4.62. The quantitative estimate of drug-likeness (QED) is 0.512. The zero-order valence-corrected chi connectivity index (χ0v) is 16.2. The Hall–Kier alpha value is -2.37. The van der Waals surface area contributed by atoms with Gasteiger partial charge in [0.15, 0.2) is 5.52 Å². The molecular formula is C20H27F3N3+. The average Bonchev–Trinajstić information content (AvgIpc) is 3.04. The van der Waals surface area contributed by atoms with Crippen molar-refractivity contribution < 1.29 is 17.7 Å². The lowest BCUT2D eigenvalue weighted by Gasteiger charge is -2.05. The summed E-state index contributed by atoms with van der Waals surface area (Å²) in [5.41, 5.74) is 1.10. The van der Waals surface area contributed by atoms with Gasteiger partial charge in [0.05, 0.1) is 11.6 Å². The van der Waals surface area contributed by atoms with Crippen molar-refractivity contribution in [3.05, 3.63) is 54.5 Å². The Morgan fingerprint density at radius 1 is 1.00 bits per heavy atom. The van der Waals surface area contributed by atoms with Crippen molar-refractivity contribution in [3.63, 3.8) is 0 Å². The van der Waals surface area contributed by atoms with E-state index in [1.807, 2.05) is 71.9 Å². The van der Waals surface area contributed by atoms with Crippen LogP contribution in [-0.2, 0) is 6.18 Å². The van der Waals surface area contributed by atoms with Gasteiger partial charge >= 0.3 is 6.18 Å². The van der Waals surface area contributed by atoms with E-state index in [-0.39, 0.29) is 6.04 Å². The highest BCUT2D eigenvalue weighted by Crippen LogP contribution is 2.30. The smallest absolute Gasteiger partial charge is 0.226 e. The van der Waals surface area contributed by atoms with E-state index in [1.165, 1.54) is 0 Å². The van der Waals surface area contributed by atoms with Crippen molar-refractivity contribution in [3.8, 4) is 5.69 Å². The molecule has 0 radical (unpaired) electrons. The molecule has 26 heavy (non-hydrogen) atoms. The van der Waals surface area contributed by atoms with E-state index in [0.29, 0.717) is 11.2 Å². The SMILES string of the molecule is CC.CC.CC(C)[n+]1cn(-c2ccccc2)c2ncc(C(F)(F)F)cc21. The van der Waals surface area contributed by atoms with E-state index < -0.39 is 11.7 Å². The number of nitrogens with zero attached hydrogens (tertiary/aromatic N) is 3. The fourth-order valence-corrected chi connectivity index (χ4v) is 2.41. The van der Waals surface area contributed by atoms with Gasteiger partial charge in [0.1, 0.15) is 5.69 Å². The molecule has 3 aromatic rings. The number of para-hydroxylation sites is 1. The average molecular weight is 366 g/mol. The van der Waals surface area contributed by atoms with Gasteiger partial charge < -0.3 is 0 Å². The molecule has 0 aliphatic rings. The van der Waals surface area contributed by atoms with E-state index in [2.05, 4.69) is 4.98 Å². The van der Waals surface area contributed by atoms with E-state index in [0.717, 1.165) is 18.0 Å². The second-order valence-corrected chi connectivity index (χ2v) is 5.39. The molecule has 2 heterocycles. The summed E-state index contributed by atoms with van der Waals surface area (Å²) in [5.74, 6) is 0. The van der Waals surface area contributed by atoms with E-state index in [9.17, 15) is 13.2 Å². The second kappa shape index (κ2) is 9.36. The largest absolute Gasteiger partial charge is 0.418 e. The molecule has 0 N–H and O–H groups in total. The van der Waals surface area contributed by atoms with Crippen LogP contribution in [0, 0.1) is 0 Å². The van der Waals surface area contributed by atoms with Crippen molar-refractivity contribution >= 4 is 11.2 Å². The van der Waals surface area contributed by atoms with Crippen LogP contribution in [0.25, 0.3) is 16.9 Å². The highest BCUT2D eigenvalue weighted by molar-refractivity contribution is 5.70. The van der Waals surface area contributed by atoms with Crippen LogP contribution in [-0.4, -0.2) is 9.55 Å². The fourth-order valence-electron chi connectivity index (χ4n) is 2.41. The fraction of sp³-hybridized carbons (Fsp3) is 0.400. The number of hydrogen-bond acceptors (Lipinski definition) is 1. The van der Waals surface area contributed by atoms with E-state index in [4.69, 9.17) is 0 Å². The molecule has 0 spiro atoms. The topological polar surface area (TPSA) is 21.7 Å². The van der Waals surface area contributed by atoms with Crippen LogP contribution in [0.15, 0.2) is 48.9 Å². The standard InChI is InChI=1S/C16H15F3N3.2C2H6/c1-11(2)21-10-22(13-6-4-3-5-7-13)15-14(21)8-12(9-20-15)16(17,18)19;2*1-2/h3-11H,1-2H3;2*1-2H3/q+1;;. The third-order valence-corrected chi connectivity index (χ3v) is 3.51. The van der Waals surface area contributed by atoms with E-state index in [1.54, 1.807) is 15.5 Å². The van der Waals surface area contributed by atoms with Gasteiger partial charge in [0, 0.05) is 12.3 Å². The van der Waals surface area contributed by atoms with Gasteiger partial charge in [-0.05, 0) is 26.0 Å². The maximum Gasteiger partial charge on any atom is 0.418 e. The lowest BCUT2D eigenvalue weighted by molar-refractivity contribution is -0.691. The van der Waals surface area contributed by atoms with Crippen LogP contribution in [0.5, 0.6) is 0 Å². The third-order valence-electron chi connectivity index (χ3n) is 3.51. The van der Waals surface area contributed by atoms with Crippen LogP contribution in [0.4, 0.5) is 13.2 Å². The zero-order valence-electron chi connectivity index (χ0n) is 16.2. The number of alkyl halides is 3. The molecule has 0 saturated heterocycles. The van der Waals surface area contributed by atoms with Crippen molar-refractivity contribution in [1.29, 1.82) is 0 Å². The number of imidazole rings is 1. The number of benzene rings is 1. The van der Waals surface area contributed by atoms with E-state index >= 15 is 0 Å². The Morgan fingerprint density at radius 2 is 1.58 bits per heavy atom. The molecule has 0 fully saturated rings. The Labute approximate surface area is 153 Å². The number of halogens is 3. The van der Waals surface area contributed by atoms with Crippen LogP contribution in [0.3, 0.4) is 0 Å². The Bertz CT molecular complexity index is 806. The molecule has 3 rings (SSSR count). The molecular weight excluding hydrogens is 339 g/mol. The first-order chi connectivity index (χ1) is 12.4. The van der Waals surface area contributed by atoms with Crippen LogP contribution < -0.4 is 4.57 Å². The summed E-state index contributed by atoms with van der Waals surface area (Å²) < 4.78 is 42.4. The second-order valence-electron chi connectivity index (χ2n) is 5.39. The predicted molar refractivity (Wildman–Crippen MR) is 99.3 cm³/mol. The summed E-state index contributed by atoms with van der Waals surface area (Å²) >= 11 is 0. The highest BCUT2D eigenvalue weighted by atomic mass is 19.4. The first-order valence-corrected chi connectivity index (χ1v) is 8.93. The summed E-state index contributed by atoms with van der Waals surface area (Å²) in [6.45, 7) is 11.9. The number of aromatic nitrogens is 3. The summed E-state index contributed by atoms with van der Waals surface area (Å²) in [4.78, 5) is 4.05. The van der Waals surface area contributed by atoms with Crippen molar-refractivity contribution in [2.24, 2.45) is 0 Å². The first-order valence-electron chi connectivity index (χ1n) is 8.93. The van der Waals surface area contributed by atoms with Crippen molar-refractivity contribution in [1.82, 2.24) is 9.55 Å². The molecule has 0 amide bonds. The van der Waals surface area contributed by atoms with Gasteiger partial charge in [-0.1, -0.05) is 45.9 Å². The molecule has 142 valence electrons. The molecule has 0 aliphatic carbocycles. The van der Waals surface area contributed by atoms with Crippen LogP contribution in [0.1, 0.15) is 53.1 Å². The highest BCUT2D eigenvalue weighted by Gasteiger charge is 2.33. The predicted octanol–water partition coefficient (Wildman–Crippen LogP) is 5.97. The van der Waals surface area contributed by atoms with Gasteiger partial charge in [-0.2, -0.15) is 17.7 Å². The lowest BCUT2D eigenvalue weighted by atomic mass is 10.2. The van der Waals surface area contributed by atoms with Crippen LogP contribution >= 0.6 is 0 Å². The van der Waals surface area contributed by atoms with Crippen molar-refractivity contribution in [2.45, 2.75) is 53.8 Å². The number of pyridine rings is 1. The van der Waals surface area contributed by atoms with Gasteiger partial charge in [-0.15, -0.1) is 0 Å². The van der Waals surface area contributed by atoms with Gasteiger partial charge in [0.2, 0.25) is 0 Å². The normalized spacial score (nSPS) is 10.8. The summed E-state index contributed by atoms with van der Waals surface area (Å²) in [5, 5.41) is 0. The summed E-state index contributed by atoms with van der Waals surface area (Å²) in [6, 6.07) is 10.6. The summed E-state index contributed by atoms with van der Waals surface area (Å²) in [7, 11) is 0.